The Labute approximate surface area is 71.9 Å². The summed E-state index contributed by atoms with van der Waals surface area (Å²) in [7, 11) is 5.41. The Morgan fingerprint density at radius 2 is 2.17 bits per heavy atom. The Kier molecular flexibility index (Phi) is 3.13. The van der Waals surface area contributed by atoms with E-state index in [4.69, 9.17) is 0 Å². The van der Waals surface area contributed by atoms with Crippen molar-refractivity contribution in [2.75, 3.05) is 13.6 Å². The summed E-state index contributed by atoms with van der Waals surface area (Å²) in [6, 6.07) is 1.71. The summed E-state index contributed by atoms with van der Waals surface area (Å²) >= 11 is 0. The molecule has 0 bridgehead atoms. The lowest BCUT2D eigenvalue weighted by Gasteiger charge is -2.13. The highest BCUT2D eigenvalue weighted by atomic mass is 16.3. The van der Waals surface area contributed by atoms with Gasteiger partial charge in [0.2, 0.25) is 0 Å². The molecule has 1 heterocycles. The van der Waals surface area contributed by atoms with Crippen molar-refractivity contribution in [3.8, 4) is 0 Å². The molecule has 4 nitrogen and oxygen atoms in total. The largest absolute Gasteiger partial charge is 0.384 e. The average molecular weight is 166 g/mol. The normalized spacial score (nSPS) is 13.3. The maximum Gasteiger partial charge on any atom is 0.158 e. The fourth-order valence-electron chi connectivity index (χ4n) is 0.860. The zero-order chi connectivity index (χ0) is 8.97. The number of aromatic nitrogens is 2. The number of hydrogen-bond acceptors (Lipinski definition) is 4. The van der Waals surface area contributed by atoms with Gasteiger partial charge in [0, 0.05) is 26.0 Å². The van der Waals surface area contributed by atoms with Crippen LogP contribution in [0.25, 0.3) is 0 Å². The molecule has 0 saturated heterocycles. The van der Waals surface area contributed by atoms with E-state index in [0.29, 0.717) is 12.4 Å². The lowest BCUT2D eigenvalue weighted by atomic mass is 10.3. The van der Waals surface area contributed by atoms with E-state index in [-0.39, 0.29) is 0 Å². The van der Waals surface area contributed by atoms with Gasteiger partial charge >= 0.3 is 0 Å². The van der Waals surface area contributed by atoms with Gasteiger partial charge in [-0.3, -0.25) is 0 Å². The molecule has 4 heteroatoms. The minimum atomic E-state index is -0.659. The van der Waals surface area contributed by atoms with Gasteiger partial charge in [0.1, 0.15) is 6.10 Å². The summed E-state index contributed by atoms with van der Waals surface area (Å²) in [6.07, 6.45) is 2.55. The number of aliphatic hydroxyl groups is 1. The van der Waals surface area contributed by atoms with Crippen molar-refractivity contribution < 1.29 is 5.11 Å². The van der Waals surface area contributed by atoms with Crippen LogP contribution in [0.1, 0.15) is 11.9 Å². The van der Waals surface area contributed by atoms with Gasteiger partial charge in [0.15, 0.2) is 5.82 Å². The van der Waals surface area contributed by atoms with Gasteiger partial charge in [0.05, 0.1) is 0 Å². The first-order chi connectivity index (χ1) is 5.70. The lowest BCUT2D eigenvalue weighted by Crippen LogP contribution is -2.19. The number of aliphatic hydroxyl groups excluding tert-OH is 1. The summed E-state index contributed by atoms with van der Waals surface area (Å²) in [4.78, 5) is 9.47. The van der Waals surface area contributed by atoms with Gasteiger partial charge in [0.25, 0.3) is 0 Å². The minimum Gasteiger partial charge on any atom is -0.384 e. The van der Waals surface area contributed by atoms with Crippen LogP contribution in [0.5, 0.6) is 0 Å². The number of hydrogen-bond donors (Lipinski definition) is 1. The van der Waals surface area contributed by atoms with Crippen molar-refractivity contribution in [3.05, 3.63) is 31.3 Å². The smallest absolute Gasteiger partial charge is 0.158 e. The average Bonchev–Trinajstić information content (AvgIpc) is 2.05. The van der Waals surface area contributed by atoms with Crippen LogP contribution in [0.2, 0.25) is 0 Å². The molecule has 1 N–H and O–H groups in total. The Balaban J connectivity index is 2.59. The van der Waals surface area contributed by atoms with E-state index in [0.717, 1.165) is 0 Å². The van der Waals surface area contributed by atoms with Crippen LogP contribution >= 0.6 is 0 Å². The van der Waals surface area contributed by atoms with E-state index in [9.17, 15) is 5.11 Å². The number of rotatable bonds is 3. The highest BCUT2D eigenvalue weighted by molar-refractivity contribution is 4.93. The quantitative estimate of drug-likeness (QED) is 0.698. The molecule has 1 aromatic heterocycles. The molecule has 0 aliphatic rings. The molecule has 1 radical (unpaired) electrons. The second-order valence-electron chi connectivity index (χ2n) is 2.66. The van der Waals surface area contributed by atoms with Crippen molar-refractivity contribution in [3.63, 3.8) is 0 Å². The maximum atomic E-state index is 9.48. The predicted molar refractivity (Wildman–Crippen MR) is 45.0 cm³/mol. The molecule has 0 aromatic carbocycles. The third-order valence-corrected chi connectivity index (χ3v) is 1.37. The van der Waals surface area contributed by atoms with Crippen LogP contribution in [-0.2, 0) is 0 Å². The van der Waals surface area contributed by atoms with Gasteiger partial charge in [-0.1, -0.05) is 0 Å². The van der Waals surface area contributed by atoms with Crippen LogP contribution in [0, 0.1) is 7.05 Å². The van der Waals surface area contributed by atoms with Crippen LogP contribution in [0.3, 0.4) is 0 Å². The standard InChI is InChI=1S/C8H12N3O/c1-11(2)6-7(12)8-9-4-3-5-10-8/h3-5,7,12H,1,6H2,2H3/t7-/m1/s1. The van der Waals surface area contributed by atoms with Crippen LogP contribution in [0.4, 0.5) is 0 Å². The summed E-state index contributed by atoms with van der Waals surface area (Å²) in [5.74, 6) is 0.438. The molecule has 1 atom stereocenters. The van der Waals surface area contributed by atoms with Crippen molar-refractivity contribution in [2.24, 2.45) is 0 Å². The van der Waals surface area contributed by atoms with Gasteiger partial charge in [-0.15, -0.1) is 0 Å². The van der Waals surface area contributed by atoms with Gasteiger partial charge < -0.3 is 10.0 Å². The van der Waals surface area contributed by atoms with E-state index < -0.39 is 6.10 Å². The maximum absolute atomic E-state index is 9.48. The molecule has 65 valence electrons. The van der Waals surface area contributed by atoms with Gasteiger partial charge in [-0.25, -0.2) is 9.97 Å². The van der Waals surface area contributed by atoms with Crippen LogP contribution in [0.15, 0.2) is 18.5 Å². The highest BCUT2D eigenvalue weighted by Gasteiger charge is 2.09. The zero-order valence-corrected chi connectivity index (χ0v) is 7.01. The predicted octanol–water partition coefficient (Wildman–Crippen LogP) is 0.233. The topological polar surface area (TPSA) is 49.2 Å². The second-order valence-corrected chi connectivity index (χ2v) is 2.66. The fourth-order valence-corrected chi connectivity index (χ4v) is 0.860. The molecule has 0 saturated carbocycles. The Bertz CT molecular complexity index is 225. The Morgan fingerprint density at radius 3 is 2.67 bits per heavy atom. The van der Waals surface area contributed by atoms with Crippen molar-refractivity contribution in [1.82, 2.24) is 14.9 Å². The third kappa shape index (κ3) is 2.56. The zero-order valence-electron chi connectivity index (χ0n) is 7.01. The molecule has 1 aromatic rings. The number of likely N-dealkylation sites (N-methyl/N-ethyl adjacent to an activating group) is 1. The Hall–Kier alpha value is -1.00. The first-order valence-electron chi connectivity index (χ1n) is 3.67. The first kappa shape index (κ1) is 9.09. The highest BCUT2D eigenvalue weighted by Crippen LogP contribution is 2.05. The van der Waals surface area contributed by atoms with Gasteiger partial charge in [-0.05, 0) is 13.1 Å². The van der Waals surface area contributed by atoms with E-state index >= 15 is 0 Å². The molecule has 0 fully saturated rings. The lowest BCUT2D eigenvalue weighted by molar-refractivity contribution is 0.136. The molecule has 0 unspecified atom stereocenters. The molecule has 12 heavy (non-hydrogen) atoms. The van der Waals surface area contributed by atoms with E-state index in [2.05, 4.69) is 17.0 Å². The summed E-state index contributed by atoms with van der Waals surface area (Å²) in [6.45, 7) is 0.435. The van der Waals surface area contributed by atoms with Crippen molar-refractivity contribution >= 4 is 0 Å². The van der Waals surface area contributed by atoms with E-state index in [1.54, 1.807) is 30.4 Å². The van der Waals surface area contributed by atoms with Crippen LogP contribution in [-0.4, -0.2) is 33.6 Å². The van der Waals surface area contributed by atoms with E-state index in [1.165, 1.54) is 0 Å². The van der Waals surface area contributed by atoms with Crippen LogP contribution < -0.4 is 0 Å². The minimum absolute atomic E-state index is 0.435. The monoisotopic (exact) mass is 166 g/mol. The third-order valence-electron chi connectivity index (χ3n) is 1.37. The SMILES string of the molecule is [CH2]N(C)C[C@@H](O)c1ncccn1. The molecular formula is C8H12N3O. The fraction of sp³-hybridized carbons (Fsp3) is 0.375. The van der Waals surface area contributed by atoms with Crippen molar-refractivity contribution in [1.29, 1.82) is 0 Å². The van der Waals surface area contributed by atoms with Gasteiger partial charge in [-0.2, -0.15) is 0 Å². The summed E-state index contributed by atoms with van der Waals surface area (Å²) < 4.78 is 0. The molecule has 0 aliphatic carbocycles. The number of nitrogens with zero attached hydrogens (tertiary/aromatic N) is 3. The summed E-state index contributed by atoms with van der Waals surface area (Å²) in [5.41, 5.74) is 0. The Morgan fingerprint density at radius 1 is 1.58 bits per heavy atom. The molecule has 0 spiro atoms. The second kappa shape index (κ2) is 4.13. The molecule has 0 aliphatic heterocycles. The first-order valence-corrected chi connectivity index (χ1v) is 3.67. The molecule has 0 amide bonds. The molecular weight excluding hydrogens is 154 g/mol. The molecule has 1 rings (SSSR count). The summed E-state index contributed by atoms with van der Waals surface area (Å²) in [5, 5.41) is 9.48. The van der Waals surface area contributed by atoms with E-state index in [1.807, 2.05) is 0 Å². The van der Waals surface area contributed by atoms with Crippen molar-refractivity contribution in [2.45, 2.75) is 6.10 Å².